The number of ether oxygens (including phenoxy) is 1. The van der Waals surface area contributed by atoms with Gasteiger partial charge in [-0.1, -0.05) is 6.07 Å². The van der Waals surface area contributed by atoms with Crippen LogP contribution in [0.2, 0.25) is 0 Å². The first-order chi connectivity index (χ1) is 13.5. The SMILES string of the molecule is C[C@H](OC(=O)c1ccc2c(=O)n3c(nc2c1)CCC3)C(=O)NCc1cccs1. The standard InChI is InChI=1S/C20H19N3O4S/c1-12(18(24)21-11-14-4-3-9-28-14)27-20(26)13-6-7-15-16(10-13)22-17-5-2-8-23(17)19(15)25/h3-4,6-7,9-10,12H,2,5,8,11H2,1H3,(H,21,24)/t12-/m0/s1. The Kier molecular flexibility index (Phi) is 4.95. The van der Waals surface area contributed by atoms with Crippen LogP contribution in [0.25, 0.3) is 10.9 Å². The van der Waals surface area contributed by atoms with E-state index in [0.717, 1.165) is 23.5 Å². The first-order valence-corrected chi connectivity index (χ1v) is 9.95. The van der Waals surface area contributed by atoms with Gasteiger partial charge in [0.25, 0.3) is 11.5 Å². The summed E-state index contributed by atoms with van der Waals surface area (Å²) >= 11 is 1.54. The van der Waals surface area contributed by atoms with Crippen molar-refractivity contribution in [3.05, 3.63) is 62.3 Å². The van der Waals surface area contributed by atoms with Crippen LogP contribution in [0.4, 0.5) is 0 Å². The summed E-state index contributed by atoms with van der Waals surface area (Å²) in [5.74, 6) is -0.246. The van der Waals surface area contributed by atoms with E-state index in [2.05, 4.69) is 10.3 Å². The van der Waals surface area contributed by atoms with Crippen LogP contribution in [-0.4, -0.2) is 27.5 Å². The molecule has 0 radical (unpaired) electrons. The van der Waals surface area contributed by atoms with Gasteiger partial charge in [0, 0.05) is 17.8 Å². The number of hydrogen-bond donors (Lipinski definition) is 1. The summed E-state index contributed by atoms with van der Waals surface area (Å²) in [6, 6.07) is 8.50. The number of nitrogens with zero attached hydrogens (tertiary/aromatic N) is 2. The topological polar surface area (TPSA) is 90.3 Å². The normalized spacial score (nSPS) is 13.9. The Morgan fingerprint density at radius 3 is 3.00 bits per heavy atom. The van der Waals surface area contributed by atoms with E-state index in [9.17, 15) is 14.4 Å². The summed E-state index contributed by atoms with van der Waals surface area (Å²) in [4.78, 5) is 42.6. The Morgan fingerprint density at radius 1 is 1.36 bits per heavy atom. The molecule has 0 saturated heterocycles. The quantitative estimate of drug-likeness (QED) is 0.667. The minimum absolute atomic E-state index is 0.0845. The Labute approximate surface area is 165 Å². The molecule has 3 aromatic rings. The molecule has 1 N–H and O–H groups in total. The van der Waals surface area contributed by atoms with Crippen molar-refractivity contribution in [2.45, 2.75) is 39.0 Å². The molecule has 1 aliphatic rings. The predicted molar refractivity (Wildman–Crippen MR) is 105 cm³/mol. The molecule has 0 fully saturated rings. The summed E-state index contributed by atoms with van der Waals surface area (Å²) < 4.78 is 6.96. The Hall–Kier alpha value is -3.00. The molecule has 0 saturated carbocycles. The number of nitrogens with one attached hydrogen (secondary N) is 1. The molecule has 0 unspecified atom stereocenters. The zero-order valence-corrected chi connectivity index (χ0v) is 16.1. The smallest absolute Gasteiger partial charge is 0.338 e. The van der Waals surface area contributed by atoms with Gasteiger partial charge in [-0.3, -0.25) is 14.2 Å². The van der Waals surface area contributed by atoms with Crippen LogP contribution in [0.15, 0.2) is 40.5 Å². The number of amides is 1. The van der Waals surface area contributed by atoms with Crippen molar-refractivity contribution in [2.75, 3.05) is 0 Å². The van der Waals surface area contributed by atoms with Gasteiger partial charge in [0.05, 0.1) is 23.0 Å². The number of aromatic nitrogens is 2. The first-order valence-electron chi connectivity index (χ1n) is 9.07. The minimum Gasteiger partial charge on any atom is -0.449 e. The Bertz CT molecular complexity index is 1100. The number of rotatable bonds is 5. The van der Waals surface area contributed by atoms with Gasteiger partial charge in [-0.15, -0.1) is 11.3 Å². The number of benzene rings is 1. The maximum absolute atomic E-state index is 12.5. The minimum atomic E-state index is -0.929. The van der Waals surface area contributed by atoms with Crippen molar-refractivity contribution in [2.24, 2.45) is 0 Å². The summed E-state index contributed by atoms with van der Waals surface area (Å²) in [6.07, 6.45) is 0.717. The third kappa shape index (κ3) is 3.55. The summed E-state index contributed by atoms with van der Waals surface area (Å²) in [5.41, 5.74) is 0.654. The highest BCUT2D eigenvalue weighted by molar-refractivity contribution is 7.09. The highest BCUT2D eigenvalue weighted by Gasteiger charge is 2.21. The van der Waals surface area contributed by atoms with Crippen LogP contribution < -0.4 is 10.9 Å². The number of aryl methyl sites for hydroxylation is 1. The van der Waals surface area contributed by atoms with Crippen LogP contribution in [0.5, 0.6) is 0 Å². The first kappa shape index (κ1) is 18.4. The zero-order chi connectivity index (χ0) is 19.7. The van der Waals surface area contributed by atoms with E-state index >= 15 is 0 Å². The van der Waals surface area contributed by atoms with Crippen molar-refractivity contribution in [3.63, 3.8) is 0 Å². The van der Waals surface area contributed by atoms with E-state index in [1.165, 1.54) is 13.0 Å². The molecule has 1 aliphatic heterocycles. The van der Waals surface area contributed by atoms with E-state index in [-0.39, 0.29) is 17.0 Å². The largest absolute Gasteiger partial charge is 0.449 e. The second kappa shape index (κ2) is 7.55. The Morgan fingerprint density at radius 2 is 2.21 bits per heavy atom. The molecule has 144 valence electrons. The predicted octanol–water partition coefficient (Wildman–Crippen LogP) is 2.27. The maximum atomic E-state index is 12.5. The van der Waals surface area contributed by atoms with Gasteiger partial charge in [-0.05, 0) is 43.0 Å². The molecule has 0 bridgehead atoms. The van der Waals surface area contributed by atoms with E-state index in [0.29, 0.717) is 24.0 Å². The van der Waals surface area contributed by atoms with Gasteiger partial charge in [0.1, 0.15) is 5.82 Å². The van der Waals surface area contributed by atoms with Crippen LogP contribution in [0, 0.1) is 0 Å². The number of esters is 1. The number of carbonyl (C=O) groups is 2. The molecule has 2 aromatic heterocycles. The lowest BCUT2D eigenvalue weighted by Gasteiger charge is -2.13. The van der Waals surface area contributed by atoms with Crippen molar-refractivity contribution in [1.29, 1.82) is 0 Å². The molecule has 0 spiro atoms. The Balaban J connectivity index is 1.47. The van der Waals surface area contributed by atoms with E-state index in [1.807, 2.05) is 17.5 Å². The summed E-state index contributed by atoms with van der Waals surface area (Å²) in [6.45, 7) is 2.60. The van der Waals surface area contributed by atoms with Crippen molar-refractivity contribution >= 4 is 34.1 Å². The molecule has 28 heavy (non-hydrogen) atoms. The van der Waals surface area contributed by atoms with Crippen molar-refractivity contribution < 1.29 is 14.3 Å². The third-order valence-electron chi connectivity index (χ3n) is 4.72. The number of fused-ring (bicyclic) bond motifs is 2. The van der Waals surface area contributed by atoms with Crippen LogP contribution in [-0.2, 0) is 29.0 Å². The third-order valence-corrected chi connectivity index (χ3v) is 5.60. The highest BCUT2D eigenvalue weighted by atomic mass is 32.1. The lowest BCUT2D eigenvalue weighted by Crippen LogP contribution is -2.35. The summed E-state index contributed by atoms with van der Waals surface area (Å²) in [5, 5.41) is 5.15. The van der Waals surface area contributed by atoms with Gasteiger partial charge in [0.2, 0.25) is 0 Å². The zero-order valence-electron chi connectivity index (χ0n) is 15.3. The monoisotopic (exact) mass is 397 g/mol. The lowest BCUT2D eigenvalue weighted by atomic mass is 10.1. The number of hydrogen-bond acceptors (Lipinski definition) is 6. The van der Waals surface area contributed by atoms with E-state index < -0.39 is 12.1 Å². The fourth-order valence-electron chi connectivity index (χ4n) is 3.22. The molecule has 7 nitrogen and oxygen atoms in total. The van der Waals surface area contributed by atoms with Crippen LogP contribution in [0.3, 0.4) is 0 Å². The number of thiophene rings is 1. The second-order valence-electron chi connectivity index (χ2n) is 6.67. The van der Waals surface area contributed by atoms with Crippen LogP contribution in [0.1, 0.15) is 34.4 Å². The highest BCUT2D eigenvalue weighted by Crippen LogP contribution is 2.17. The van der Waals surface area contributed by atoms with Gasteiger partial charge in [-0.25, -0.2) is 9.78 Å². The average molecular weight is 397 g/mol. The van der Waals surface area contributed by atoms with E-state index in [1.54, 1.807) is 28.0 Å². The molecule has 3 heterocycles. The molecule has 1 atom stereocenters. The molecule has 4 rings (SSSR count). The van der Waals surface area contributed by atoms with Crippen molar-refractivity contribution in [1.82, 2.24) is 14.9 Å². The summed E-state index contributed by atoms with van der Waals surface area (Å²) in [7, 11) is 0. The second-order valence-corrected chi connectivity index (χ2v) is 7.70. The molecule has 0 aliphatic carbocycles. The molecule has 1 aromatic carbocycles. The van der Waals surface area contributed by atoms with Crippen molar-refractivity contribution in [3.8, 4) is 0 Å². The van der Waals surface area contributed by atoms with Crippen LogP contribution >= 0.6 is 11.3 Å². The fourth-order valence-corrected chi connectivity index (χ4v) is 3.87. The van der Waals surface area contributed by atoms with Gasteiger partial charge >= 0.3 is 5.97 Å². The average Bonchev–Trinajstić information content (AvgIpc) is 3.37. The van der Waals surface area contributed by atoms with Gasteiger partial charge in [0.15, 0.2) is 6.10 Å². The molecule has 1 amide bonds. The molecule has 8 heteroatoms. The number of carbonyl (C=O) groups excluding carboxylic acids is 2. The van der Waals surface area contributed by atoms with E-state index in [4.69, 9.17) is 4.74 Å². The fraction of sp³-hybridized carbons (Fsp3) is 0.300. The molecular weight excluding hydrogens is 378 g/mol. The molecular formula is C20H19N3O4S. The van der Waals surface area contributed by atoms with Gasteiger partial charge in [-0.2, -0.15) is 0 Å². The maximum Gasteiger partial charge on any atom is 0.338 e. The lowest BCUT2D eigenvalue weighted by molar-refractivity contribution is -0.129. The van der Waals surface area contributed by atoms with Gasteiger partial charge < -0.3 is 10.1 Å².